The molecule has 0 bridgehead atoms. The molecule has 80 valence electrons. The molecule has 14 heavy (non-hydrogen) atoms. The number of hydrogen-bond acceptors (Lipinski definition) is 4. The third kappa shape index (κ3) is 1.59. The number of ether oxygens (including phenoxy) is 2. The van der Waals surface area contributed by atoms with Crippen LogP contribution in [-0.2, 0) is 19.1 Å². The molecule has 0 amide bonds. The van der Waals surface area contributed by atoms with Gasteiger partial charge in [-0.25, -0.2) is 0 Å². The van der Waals surface area contributed by atoms with Crippen LogP contribution in [-0.4, -0.2) is 37.4 Å². The van der Waals surface area contributed by atoms with Gasteiger partial charge in [-0.05, 0) is 13.3 Å². The van der Waals surface area contributed by atoms with E-state index >= 15 is 0 Å². The molecule has 1 aliphatic heterocycles. The van der Waals surface area contributed by atoms with E-state index in [4.69, 9.17) is 9.84 Å². The summed E-state index contributed by atoms with van der Waals surface area (Å²) in [5.74, 6) is -2.16. The minimum Gasteiger partial charge on any atom is -0.480 e. The van der Waals surface area contributed by atoms with Crippen LogP contribution in [0.2, 0.25) is 0 Å². The molecular formula is C9H14O5. The van der Waals surface area contributed by atoms with Crippen LogP contribution in [0.3, 0.4) is 0 Å². The van der Waals surface area contributed by atoms with Crippen LogP contribution in [0.25, 0.3) is 0 Å². The molecule has 1 aliphatic rings. The van der Waals surface area contributed by atoms with Crippen molar-refractivity contribution in [1.29, 1.82) is 0 Å². The minimum atomic E-state index is -1.48. The molecule has 0 aliphatic carbocycles. The largest absolute Gasteiger partial charge is 0.480 e. The molecule has 0 aromatic carbocycles. The number of hydrogen-bond donors (Lipinski definition) is 1. The summed E-state index contributed by atoms with van der Waals surface area (Å²) in [5, 5.41) is 9.04. The topological polar surface area (TPSA) is 72.8 Å². The van der Waals surface area contributed by atoms with Crippen LogP contribution in [0.5, 0.6) is 0 Å². The second-order valence-corrected chi connectivity index (χ2v) is 3.56. The highest BCUT2D eigenvalue weighted by atomic mass is 16.5. The number of esters is 1. The van der Waals surface area contributed by atoms with E-state index in [1.54, 1.807) is 0 Å². The van der Waals surface area contributed by atoms with Crippen molar-refractivity contribution < 1.29 is 24.2 Å². The average Bonchev–Trinajstić information content (AvgIpc) is 2.68. The highest BCUT2D eigenvalue weighted by Gasteiger charge is 2.50. The first-order valence-electron chi connectivity index (χ1n) is 4.43. The molecule has 1 fully saturated rings. The summed E-state index contributed by atoms with van der Waals surface area (Å²) in [6, 6.07) is 0. The van der Waals surface area contributed by atoms with Crippen LogP contribution < -0.4 is 0 Å². The van der Waals surface area contributed by atoms with E-state index in [0.717, 1.165) is 0 Å². The highest BCUT2D eigenvalue weighted by molar-refractivity contribution is 5.99. The van der Waals surface area contributed by atoms with Gasteiger partial charge in [0.15, 0.2) is 5.41 Å². The van der Waals surface area contributed by atoms with Crippen molar-refractivity contribution in [3.05, 3.63) is 0 Å². The summed E-state index contributed by atoms with van der Waals surface area (Å²) in [4.78, 5) is 22.5. The zero-order valence-electron chi connectivity index (χ0n) is 8.28. The van der Waals surface area contributed by atoms with Gasteiger partial charge in [-0.2, -0.15) is 0 Å². The Kier molecular flexibility index (Phi) is 3.10. The van der Waals surface area contributed by atoms with Crippen molar-refractivity contribution in [2.75, 3.05) is 20.3 Å². The summed E-state index contributed by atoms with van der Waals surface area (Å²) < 4.78 is 9.59. The fourth-order valence-corrected chi connectivity index (χ4v) is 1.63. The van der Waals surface area contributed by atoms with Gasteiger partial charge in [-0.3, -0.25) is 9.59 Å². The SMILES string of the molecule is COC(=O)C(C)(C(=O)O)C1CCOC1. The van der Waals surface area contributed by atoms with Gasteiger partial charge in [0.2, 0.25) is 0 Å². The monoisotopic (exact) mass is 202 g/mol. The van der Waals surface area contributed by atoms with E-state index in [9.17, 15) is 9.59 Å². The highest BCUT2D eigenvalue weighted by Crippen LogP contribution is 2.35. The first-order chi connectivity index (χ1) is 6.53. The predicted octanol–water partition coefficient (Wildman–Crippen LogP) is 0.287. The lowest BCUT2D eigenvalue weighted by Gasteiger charge is -2.26. The Morgan fingerprint density at radius 3 is 2.57 bits per heavy atom. The van der Waals surface area contributed by atoms with Crippen LogP contribution in [0, 0.1) is 11.3 Å². The van der Waals surface area contributed by atoms with E-state index in [1.807, 2.05) is 0 Å². The molecule has 5 nitrogen and oxygen atoms in total. The first-order valence-corrected chi connectivity index (χ1v) is 4.43. The summed E-state index contributed by atoms with van der Waals surface area (Å²) in [6.45, 7) is 2.20. The minimum absolute atomic E-state index is 0.299. The standard InChI is InChI=1S/C9H14O5/c1-9(7(10)11,8(12)13-2)6-3-4-14-5-6/h6H,3-5H2,1-2H3,(H,10,11). The maximum absolute atomic E-state index is 11.4. The third-order valence-corrected chi connectivity index (χ3v) is 2.80. The lowest BCUT2D eigenvalue weighted by molar-refractivity contribution is -0.170. The van der Waals surface area contributed by atoms with Crippen molar-refractivity contribution >= 4 is 11.9 Å². The maximum Gasteiger partial charge on any atom is 0.323 e. The smallest absolute Gasteiger partial charge is 0.323 e. The Morgan fingerprint density at radius 2 is 2.21 bits per heavy atom. The molecule has 1 heterocycles. The average molecular weight is 202 g/mol. The lowest BCUT2D eigenvalue weighted by atomic mass is 9.76. The van der Waals surface area contributed by atoms with Gasteiger partial charge in [-0.15, -0.1) is 0 Å². The van der Waals surface area contributed by atoms with Gasteiger partial charge in [0.25, 0.3) is 0 Å². The Morgan fingerprint density at radius 1 is 1.57 bits per heavy atom. The Bertz CT molecular complexity index is 244. The fourth-order valence-electron chi connectivity index (χ4n) is 1.63. The molecule has 0 spiro atoms. The second-order valence-electron chi connectivity index (χ2n) is 3.56. The second kappa shape index (κ2) is 3.96. The summed E-state index contributed by atoms with van der Waals surface area (Å²) in [5.41, 5.74) is -1.48. The number of methoxy groups -OCH3 is 1. The van der Waals surface area contributed by atoms with Crippen molar-refractivity contribution in [3.63, 3.8) is 0 Å². The quantitative estimate of drug-likeness (QED) is 0.526. The van der Waals surface area contributed by atoms with Gasteiger partial charge in [0.1, 0.15) is 0 Å². The Hall–Kier alpha value is -1.10. The molecule has 1 N–H and O–H groups in total. The summed E-state index contributed by atoms with van der Waals surface area (Å²) >= 11 is 0. The number of aliphatic carboxylic acids is 1. The normalized spacial score (nSPS) is 25.4. The summed E-state index contributed by atoms with van der Waals surface area (Å²) in [7, 11) is 1.19. The molecular weight excluding hydrogens is 188 g/mol. The van der Waals surface area contributed by atoms with Gasteiger partial charge >= 0.3 is 11.9 Å². The molecule has 0 aromatic rings. The molecule has 0 aromatic heterocycles. The van der Waals surface area contributed by atoms with Gasteiger partial charge in [0.05, 0.1) is 13.7 Å². The Balaban J connectivity index is 2.90. The Labute approximate surface area is 82.0 Å². The number of carbonyl (C=O) groups excluding carboxylic acids is 1. The third-order valence-electron chi connectivity index (χ3n) is 2.80. The van der Waals surface area contributed by atoms with Crippen LogP contribution in [0.15, 0.2) is 0 Å². The zero-order valence-corrected chi connectivity index (χ0v) is 8.28. The predicted molar refractivity (Wildman–Crippen MR) is 46.7 cm³/mol. The van der Waals surface area contributed by atoms with Gasteiger partial charge < -0.3 is 14.6 Å². The maximum atomic E-state index is 11.4. The molecule has 2 atom stereocenters. The molecule has 0 saturated carbocycles. The van der Waals surface area contributed by atoms with Crippen LogP contribution in [0.4, 0.5) is 0 Å². The van der Waals surface area contributed by atoms with E-state index < -0.39 is 17.4 Å². The van der Waals surface area contributed by atoms with Crippen molar-refractivity contribution in [2.24, 2.45) is 11.3 Å². The van der Waals surface area contributed by atoms with Crippen molar-refractivity contribution in [2.45, 2.75) is 13.3 Å². The van der Waals surface area contributed by atoms with E-state index in [-0.39, 0.29) is 5.92 Å². The first kappa shape index (κ1) is 11.0. The van der Waals surface area contributed by atoms with Gasteiger partial charge in [0, 0.05) is 12.5 Å². The summed E-state index contributed by atoms with van der Waals surface area (Å²) in [6.07, 6.45) is 0.581. The zero-order chi connectivity index (χ0) is 10.8. The molecule has 5 heteroatoms. The van der Waals surface area contributed by atoms with E-state index in [2.05, 4.69) is 4.74 Å². The van der Waals surface area contributed by atoms with Crippen LogP contribution >= 0.6 is 0 Å². The van der Waals surface area contributed by atoms with Gasteiger partial charge in [-0.1, -0.05) is 0 Å². The van der Waals surface area contributed by atoms with Crippen molar-refractivity contribution in [1.82, 2.24) is 0 Å². The molecule has 0 radical (unpaired) electrons. The van der Waals surface area contributed by atoms with E-state index in [0.29, 0.717) is 19.6 Å². The number of carboxylic acids is 1. The van der Waals surface area contributed by atoms with E-state index in [1.165, 1.54) is 14.0 Å². The fraction of sp³-hybridized carbons (Fsp3) is 0.778. The number of carbonyl (C=O) groups is 2. The molecule has 1 rings (SSSR count). The lowest BCUT2D eigenvalue weighted by Crippen LogP contribution is -2.44. The molecule has 1 saturated heterocycles. The number of rotatable bonds is 3. The van der Waals surface area contributed by atoms with Crippen molar-refractivity contribution in [3.8, 4) is 0 Å². The number of carboxylic acid groups (broad SMARTS) is 1. The molecule has 2 unspecified atom stereocenters. The van der Waals surface area contributed by atoms with Crippen LogP contribution in [0.1, 0.15) is 13.3 Å².